The topological polar surface area (TPSA) is 135 Å². The predicted molar refractivity (Wildman–Crippen MR) is 133 cm³/mol. The zero-order valence-corrected chi connectivity index (χ0v) is 21.8. The number of ether oxygens (including phenoxy) is 4. The third-order valence-electron chi connectivity index (χ3n) is 7.40. The quantitative estimate of drug-likeness (QED) is 0.215. The van der Waals surface area contributed by atoms with Crippen LogP contribution in [0.25, 0.3) is 0 Å². The molecule has 1 amide bonds. The van der Waals surface area contributed by atoms with Crippen LogP contribution in [0.4, 0.5) is 10.5 Å². The van der Waals surface area contributed by atoms with Crippen molar-refractivity contribution in [3.8, 4) is 5.75 Å². The Labute approximate surface area is 219 Å². The second kappa shape index (κ2) is 9.96. The molecule has 2 aliphatic rings. The van der Waals surface area contributed by atoms with Crippen LogP contribution in [0.5, 0.6) is 5.75 Å². The fourth-order valence-corrected chi connectivity index (χ4v) is 5.50. The summed E-state index contributed by atoms with van der Waals surface area (Å²) in [6.07, 6.45) is -1.92. The lowest BCUT2D eigenvalue weighted by Crippen LogP contribution is -2.56. The molecule has 0 bridgehead atoms. The molecule has 0 N–H and O–H groups in total. The van der Waals surface area contributed by atoms with E-state index in [4.69, 9.17) is 18.9 Å². The maximum atomic E-state index is 14.1. The van der Waals surface area contributed by atoms with E-state index >= 15 is 0 Å². The summed E-state index contributed by atoms with van der Waals surface area (Å²) in [5.41, 5.74) is -2.72. The third-order valence-corrected chi connectivity index (χ3v) is 7.40. The summed E-state index contributed by atoms with van der Waals surface area (Å²) in [4.78, 5) is 52.5. The van der Waals surface area contributed by atoms with Crippen LogP contribution in [0.3, 0.4) is 0 Å². The fourth-order valence-electron chi connectivity index (χ4n) is 5.50. The van der Waals surface area contributed by atoms with E-state index in [0.717, 1.165) is 12.7 Å². The molecule has 2 aliphatic heterocycles. The highest BCUT2D eigenvalue weighted by Crippen LogP contribution is 2.61. The molecule has 2 heterocycles. The number of fused-ring (bicyclic) bond motifs is 1. The van der Waals surface area contributed by atoms with Gasteiger partial charge in [-0.3, -0.25) is 19.7 Å². The van der Waals surface area contributed by atoms with Crippen molar-refractivity contribution in [2.45, 2.75) is 51.5 Å². The standard InChI is InChI=1S/C27H30N2O9/c1-16(2)14-21-27(38-25(32)36-5)22(18-8-10-19(11-9-18)29(33)34)37-24(31)26(27,3)23(30)28(21)15-17-6-12-20(35-4)13-7-17/h6-13,16,21-22H,14-15H2,1-5H3/t21-,22+,26-,27-/m1/s1. The minimum Gasteiger partial charge on any atom is -0.497 e. The molecular formula is C27H30N2O9. The SMILES string of the molecule is COC(=O)O[C@]12[C@H](c3ccc([N+](=O)[O-])cc3)OC(=O)[C@@]1(C)C(=O)N(Cc1ccc(OC)cc1)[C@@H]2CC(C)C. The van der Waals surface area contributed by atoms with Gasteiger partial charge in [-0.2, -0.15) is 0 Å². The molecule has 11 heteroatoms. The number of esters is 1. The van der Waals surface area contributed by atoms with Crippen molar-refractivity contribution in [1.29, 1.82) is 0 Å². The van der Waals surface area contributed by atoms with Crippen molar-refractivity contribution in [3.05, 3.63) is 69.8 Å². The second-order valence-corrected chi connectivity index (χ2v) is 10.0. The van der Waals surface area contributed by atoms with Gasteiger partial charge in [-0.25, -0.2) is 4.79 Å². The molecule has 0 unspecified atom stereocenters. The van der Waals surface area contributed by atoms with Crippen molar-refractivity contribution in [1.82, 2.24) is 4.90 Å². The van der Waals surface area contributed by atoms with Gasteiger partial charge in [-0.1, -0.05) is 26.0 Å². The van der Waals surface area contributed by atoms with E-state index in [1.54, 1.807) is 24.1 Å². The Morgan fingerprint density at radius 2 is 1.74 bits per heavy atom. The van der Waals surface area contributed by atoms with Crippen LogP contribution >= 0.6 is 0 Å². The van der Waals surface area contributed by atoms with Gasteiger partial charge in [-0.05, 0) is 54.7 Å². The minimum atomic E-state index is -1.89. The van der Waals surface area contributed by atoms with Gasteiger partial charge in [0.1, 0.15) is 5.75 Å². The third kappa shape index (κ3) is 4.11. The monoisotopic (exact) mass is 526 g/mol. The number of nitrogens with zero attached hydrogens (tertiary/aromatic N) is 2. The number of hydrogen-bond acceptors (Lipinski definition) is 9. The first-order valence-corrected chi connectivity index (χ1v) is 12.2. The van der Waals surface area contributed by atoms with Crippen LogP contribution in [0, 0.1) is 21.4 Å². The van der Waals surface area contributed by atoms with Crippen molar-refractivity contribution in [2.75, 3.05) is 14.2 Å². The Morgan fingerprint density at radius 1 is 1.11 bits per heavy atom. The minimum absolute atomic E-state index is 0.0276. The molecule has 2 fully saturated rings. The zero-order chi connectivity index (χ0) is 27.8. The number of benzene rings is 2. The highest BCUT2D eigenvalue weighted by atomic mass is 16.7. The number of carbonyl (C=O) groups is 3. The number of nitro groups is 1. The Bertz CT molecular complexity index is 1240. The number of non-ortho nitro benzene ring substituents is 1. The number of methoxy groups -OCH3 is 2. The van der Waals surface area contributed by atoms with Crippen LogP contribution < -0.4 is 4.74 Å². The predicted octanol–water partition coefficient (Wildman–Crippen LogP) is 4.19. The van der Waals surface area contributed by atoms with E-state index in [1.165, 1.54) is 31.2 Å². The number of likely N-dealkylation sites (tertiary alicyclic amines) is 1. The van der Waals surface area contributed by atoms with Gasteiger partial charge in [0.25, 0.3) is 5.69 Å². The van der Waals surface area contributed by atoms with Crippen molar-refractivity contribution in [2.24, 2.45) is 11.3 Å². The molecular weight excluding hydrogens is 496 g/mol. The summed E-state index contributed by atoms with van der Waals surface area (Å²) >= 11 is 0. The van der Waals surface area contributed by atoms with Crippen LogP contribution in [0.1, 0.15) is 44.4 Å². The lowest BCUT2D eigenvalue weighted by atomic mass is 9.68. The molecule has 0 spiro atoms. The molecule has 0 aliphatic carbocycles. The first-order chi connectivity index (χ1) is 18.0. The summed E-state index contributed by atoms with van der Waals surface area (Å²) in [6.45, 7) is 5.47. The van der Waals surface area contributed by atoms with Gasteiger partial charge in [0.05, 0.1) is 25.2 Å². The lowest BCUT2D eigenvalue weighted by molar-refractivity contribution is -0.384. The maximum absolute atomic E-state index is 14.1. The molecule has 0 aromatic heterocycles. The van der Waals surface area contributed by atoms with Crippen molar-refractivity contribution >= 4 is 23.7 Å². The largest absolute Gasteiger partial charge is 0.508 e. The van der Waals surface area contributed by atoms with E-state index in [-0.39, 0.29) is 18.2 Å². The van der Waals surface area contributed by atoms with Crippen LogP contribution in [0.2, 0.25) is 0 Å². The first kappa shape index (κ1) is 26.9. The Morgan fingerprint density at radius 3 is 2.26 bits per heavy atom. The number of nitro benzene ring substituents is 1. The molecule has 2 saturated heterocycles. The van der Waals surface area contributed by atoms with Gasteiger partial charge in [0.15, 0.2) is 11.5 Å². The van der Waals surface area contributed by atoms with E-state index < -0.39 is 46.1 Å². The summed E-state index contributed by atoms with van der Waals surface area (Å²) in [5.74, 6) is -0.714. The maximum Gasteiger partial charge on any atom is 0.508 e. The molecule has 4 atom stereocenters. The smallest absolute Gasteiger partial charge is 0.497 e. The number of amides is 1. The summed E-state index contributed by atoms with van der Waals surface area (Å²) in [5, 5.41) is 11.2. The van der Waals surface area contributed by atoms with Crippen LogP contribution in [0.15, 0.2) is 48.5 Å². The van der Waals surface area contributed by atoms with Crippen LogP contribution in [-0.2, 0) is 30.3 Å². The molecule has 0 saturated carbocycles. The van der Waals surface area contributed by atoms with E-state index in [2.05, 4.69) is 0 Å². The van der Waals surface area contributed by atoms with Gasteiger partial charge >= 0.3 is 12.1 Å². The van der Waals surface area contributed by atoms with Crippen molar-refractivity contribution in [3.63, 3.8) is 0 Å². The highest BCUT2D eigenvalue weighted by Gasteiger charge is 2.81. The Kier molecular flexibility index (Phi) is 7.05. The number of rotatable bonds is 8. The van der Waals surface area contributed by atoms with Crippen molar-refractivity contribution < 1.29 is 38.3 Å². The number of hydrogen-bond donors (Lipinski definition) is 0. The molecule has 202 valence electrons. The highest BCUT2D eigenvalue weighted by molar-refractivity contribution is 6.08. The normalized spacial score (nSPS) is 26.2. The molecule has 4 rings (SSSR count). The lowest BCUT2D eigenvalue weighted by Gasteiger charge is -2.40. The van der Waals surface area contributed by atoms with E-state index in [9.17, 15) is 24.5 Å². The van der Waals surface area contributed by atoms with E-state index in [0.29, 0.717) is 17.7 Å². The average molecular weight is 527 g/mol. The molecule has 2 aromatic carbocycles. The first-order valence-electron chi connectivity index (χ1n) is 12.2. The summed E-state index contributed by atoms with van der Waals surface area (Å²) in [7, 11) is 2.69. The number of carbonyl (C=O) groups excluding carboxylic acids is 3. The van der Waals surface area contributed by atoms with Gasteiger partial charge in [0.2, 0.25) is 11.5 Å². The van der Waals surface area contributed by atoms with Crippen LogP contribution in [-0.4, -0.2) is 53.7 Å². The Balaban J connectivity index is 1.89. The fraction of sp³-hybridized carbons (Fsp3) is 0.444. The van der Waals surface area contributed by atoms with Gasteiger partial charge < -0.3 is 23.8 Å². The Hall–Kier alpha value is -4.15. The molecule has 2 aromatic rings. The number of cyclic esters (lactones) is 1. The van der Waals surface area contributed by atoms with E-state index in [1.807, 2.05) is 26.0 Å². The molecule has 11 nitrogen and oxygen atoms in total. The average Bonchev–Trinajstić information content (AvgIpc) is 3.22. The molecule has 38 heavy (non-hydrogen) atoms. The second-order valence-electron chi connectivity index (χ2n) is 10.0. The van der Waals surface area contributed by atoms with Gasteiger partial charge in [0, 0.05) is 18.7 Å². The zero-order valence-electron chi connectivity index (χ0n) is 21.8. The summed E-state index contributed by atoms with van der Waals surface area (Å²) < 4.78 is 21.8. The van der Waals surface area contributed by atoms with Gasteiger partial charge in [-0.15, -0.1) is 0 Å². The molecule has 0 radical (unpaired) electrons. The summed E-state index contributed by atoms with van der Waals surface area (Å²) in [6, 6.07) is 11.8.